The largest absolute Gasteiger partial charge is 0.290 e. The highest BCUT2D eigenvalue weighted by Crippen LogP contribution is 2.30. The maximum atomic E-state index is 13.0. The third kappa shape index (κ3) is 2.87. The Morgan fingerprint density at radius 3 is 2.26 bits per heavy atom. The van der Waals surface area contributed by atoms with Crippen molar-refractivity contribution in [3.8, 4) is 16.9 Å². The van der Waals surface area contributed by atoms with E-state index in [9.17, 15) is 4.79 Å². The molecule has 1 heterocycles. The average Bonchev–Trinajstić information content (AvgIpc) is 2.86. The smallest absolute Gasteiger partial charge is 0.275 e. The second-order valence-electron chi connectivity index (χ2n) is 6.96. The zero-order valence-electron chi connectivity index (χ0n) is 14.1. The Morgan fingerprint density at radius 1 is 0.957 bits per heavy atom. The summed E-state index contributed by atoms with van der Waals surface area (Å²) in [5, 5.41) is 3.32. The number of aromatic nitrogens is 2. The Morgan fingerprint density at radius 2 is 1.65 bits per heavy atom. The molecular formula is C20H22N2O. The fourth-order valence-corrected chi connectivity index (χ4v) is 2.90. The summed E-state index contributed by atoms with van der Waals surface area (Å²) >= 11 is 0. The van der Waals surface area contributed by atoms with Crippen LogP contribution in [0, 0.1) is 6.92 Å². The molecule has 0 fully saturated rings. The lowest BCUT2D eigenvalue weighted by Crippen LogP contribution is -2.25. The summed E-state index contributed by atoms with van der Waals surface area (Å²) in [7, 11) is 0. The van der Waals surface area contributed by atoms with Gasteiger partial charge in [-0.15, -0.1) is 0 Å². The maximum Gasteiger partial charge on any atom is 0.275 e. The lowest BCUT2D eigenvalue weighted by molar-refractivity contribution is 0.586. The van der Waals surface area contributed by atoms with Gasteiger partial charge in [0, 0.05) is 5.56 Å². The number of rotatable bonds is 2. The Bertz CT molecular complexity index is 880. The molecular weight excluding hydrogens is 284 g/mol. The summed E-state index contributed by atoms with van der Waals surface area (Å²) < 4.78 is 1.64. The van der Waals surface area contributed by atoms with Crippen molar-refractivity contribution in [2.45, 2.75) is 33.1 Å². The van der Waals surface area contributed by atoms with E-state index >= 15 is 0 Å². The quantitative estimate of drug-likeness (QED) is 0.747. The van der Waals surface area contributed by atoms with Crippen LogP contribution in [0.2, 0.25) is 0 Å². The van der Waals surface area contributed by atoms with Gasteiger partial charge in [0.15, 0.2) is 0 Å². The van der Waals surface area contributed by atoms with Crippen LogP contribution >= 0.6 is 0 Å². The second-order valence-corrected chi connectivity index (χ2v) is 6.96. The zero-order valence-corrected chi connectivity index (χ0v) is 14.1. The van der Waals surface area contributed by atoms with Crippen molar-refractivity contribution >= 4 is 0 Å². The molecule has 2 aromatic carbocycles. The van der Waals surface area contributed by atoms with E-state index in [1.54, 1.807) is 4.68 Å². The van der Waals surface area contributed by atoms with Crippen molar-refractivity contribution in [2.24, 2.45) is 0 Å². The monoisotopic (exact) mass is 306 g/mol. The van der Waals surface area contributed by atoms with Gasteiger partial charge in [-0.25, -0.2) is 4.68 Å². The van der Waals surface area contributed by atoms with E-state index in [-0.39, 0.29) is 11.0 Å². The van der Waals surface area contributed by atoms with Crippen molar-refractivity contribution < 1.29 is 0 Å². The molecule has 3 heteroatoms. The minimum absolute atomic E-state index is 0.0141. The molecule has 1 N–H and O–H groups in total. The summed E-state index contributed by atoms with van der Waals surface area (Å²) in [4.78, 5) is 13.0. The molecule has 0 amide bonds. The molecule has 3 rings (SSSR count). The van der Waals surface area contributed by atoms with E-state index in [0.29, 0.717) is 0 Å². The van der Waals surface area contributed by atoms with Crippen molar-refractivity contribution in [3.63, 3.8) is 0 Å². The molecule has 3 nitrogen and oxygen atoms in total. The number of nitrogens with zero attached hydrogens (tertiary/aromatic N) is 1. The van der Waals surface area contributed by atoms with Gasteiger partial charge in [-0.2, -0.15) is 0 Å². The Labute approximate surface area is 136 Å². The van der Waals surface area contributed by atoms with Crippen molar-refractivity contribution in [1.29, 1.82) is 0 Å². The Hall–Kier alpha value is -2.55. The van der Waals surface area contributed by atoms with Gasteiger partial charge in [0.25, 0.3) is 5.56 Å². The summed E-state index contributed by atoms with van der Waals surface area (Å²) in [5.41, 5.74) is 4.55. The zero-order chi connectivity index (χ0) is 16.6. The number of aromatic amines is 1. The van der Waals surface area contributed by atoms with Crippen LogP contribution in [-0.2, 0) is 5.41 Å². The Balaban J connectivity index is 2.30. The van der Waals surface area contributed by atoms with Gasteiger partial charge < -0.3 is 0 Å². The molecule has 0 saturated heterocycles. The summed E-state index contributed by atoms with van der Waals surface area (Å²) in [5.74, 6) is 0. The van der Waals surface area contributed by atoms with E-state index in [0.717, 1.165) is 22.5 Å². The molecule has 0 aliphatic carbocycles. The highest BCUT2D eigenvalue weighted by Gasteiger charge is 2.26. The third-order valence-electron chi connectivity index (χ3n) is 3.96. The summed E-state index contributed by atoms with van der Waals surface area (Å²) in [6, 6.07) is 17.9. The first-order valence-corrected chi connectivity index (χ1v) is 7.86. The van der Waals surface area contributed by atoms with Crippen LogP contribution in [0.25, 0.3) is 16.9 Å². The lowest BCUT2D eigenvalue weighted by atomic mass is 9.85. The third-order valence-corrected chi connectivity index (χ3v) is 3.96. The average molecular weight is 306 g/mol. The van der Waals surface area contributed by atoms with Gasteiger partial charge in [-0.1, -0.05) is 62.7 Å². The molecule has 0 spiro atoms. The van der Waals surface area contributed by atoms with Gasteiger partial charge >= 0.3 is 0 Å². The SMILES string of the molecule is Cc1cccc(-c2[nH]n(-c3ccccc3)c(=O)c2C(C)(C)C)c1. The van der Waals surface area contributed by atoms with Gasteiger partial charge in [0.1, 0.15) is 0 Å². The Kier molecular flexibility index (Phi) is 3.72. The fourth-order valence-electron chi connectivity index (χ4n) is 2.90. The predicted octanol–water partition coefficient (Wildman–Crippen LogP) is 4.44. The number of H-pyrrole nitrogens is 1. The first-order chi connectivity index (χ1) is 10.9. The second kappa shape index (κ2) is 5.58. The molecule has 118 valence electrons. The molecule has 3 aromatic rings. The minimum atomic E-state index is -0.243. The highest BCUT2D eigenvalue weighted by molar-refractivity contribution is 5.65. The topological polar surface area (TPSA) is 37.8 Å². The molecule has 0 bridgehead atoms. The van der Waals surface area contributed by atoms with Crippen molar-refractivity contribution in [1.82, 2.24) is 9.78 Å². The highest BCUT2D eigenvalue weighted by atomic mass is 16.1. The van der Waals surface area contributed by atoms with Crippen molar-refractivity contribution in [3.05, 3.63) is 76.1 Å². The van der Waals surface area contributed by atoms with Crippen molar-refractivity contribution in [2.75, 3.05) is 0 Å². The minimum Gasteiger partial charge on any atom is -0.290 e. The molecule has 0 atom stereocenters. The van der Waals surface area contributed by atoms with Crippen LogP contribution in [0.5, 0.6) is 0 Å². The molecule has 23 heavy (non-hydrogen) atoms. The molecule has 0 radical (unpaired) electrons. The maximum absolute atomic E-state index is 13.0. The number of benzene rings is 2. The summed E-state index contributed by atoms with van der Waals surface area (Å²) in [6.45, 7) is 8.29. The van der Waals surface area contributed by atoms with Gasteiger partial charge in [-0.05, 0) is 30.5 Å². The molecule has 0 saturated carbocycles. The standard InChI is InChI=1S/C20H22N2O/c1-14-9-8-10-15(13-14)18-17(20(2,3)4)19(23)22(21-18)16-11-6-5-7-12-16/h5-13,21H,1-4H3. The number of hydrogen-bond acceptors (Lipinski definition) is 1. The fraction of sp³-hybridized carbons (Fsp3) is 0.250. The van der Waals surface area contributed by atoms with Crippen LogP contribution in [0.3, 0.4) is 0 Å². The number of para-hydroxylation sites is 1. The van der Waals surface area contributed by atoms with Crippen LogP contribution in [0.1, 0.15) is 31.9 Å². The van der Waals surface area contributed by atoms with E-state index in [1.807, 2.05) is 42.5 Å². The van der Waals surface area contributed by atoms with Crippen LogP contribution in [0.15, 0.2) is 59.4 Å². The van der Waals surface area contributed by atoms with Gasteiger partial charge in [0.05, 0.1) is 16.9 Å². The normalized spacial score (nSPS) is 11.7. The molecule has 1 aromatic heterocycles. The van der Waals surface area contributed by atoms with Gasteiger partial charge in [-0.3, -0.25) is 9.89 Å². The lowest BCUT2D eigenvalue weighted by Gasteiger charge is -2.17. The first-order valence-electron chi connectivity index (χ1n) is 7.86. The van der Waals surface area contributed by atoms with E-state index in [4.69, 9.17) is 0 Å². The number of hydrogen-bond donors (Lipinski definition) is 1. The van der Waals surface area contributed by atoms with Crippen LogP contribution < -0.4 is 5.56 Å². The molecule has 0 aliphatic rings. The van der Waals surface area contributed by atoms with E-state index in [2.05, 4.69) is 44.9 Å². The predicted molar refractivity (Wildman–Crippen MR) is 95.3 cm³/mol. The van der Waals surface area contributed by atoms with Crippen LogP contribution in [0.4, 0.5) is 0 Å². The molecule has 0 aliphatic heterocycles. The summed E-state index contributed by atoms with van der Waals surface area (Å²) in [6.07, 6.45) is 0. The van der Waals surface area contributed by atoms with E-state index in [1.165, 1.54) is 5.56 Å². The van der Waals surface area contributed by atoms with E-state index < -0.39 is 0 Å². The molecule has 0 unspecified atom stereocenters. The number of nitrogens with one attached hydrogen (secondary N) is 1. The number of aryl methyl sites for hydroxylation is 1. The first kappa shape index (κ1) is 15.3. The van der Waals surface area contributed by atoms with Gasteiger partial charge in [0.2, 0.25) is 0 Å². The van der Waals surface area contributed by atoms with Crippen LogP contribution in [-0.4, -0.2) is 9.78 Å².